The lowest BCUT2D eigenvalue weighted by molar-refractivity contribution is 0.0992. The number of rotatable bonds is 3. The Hall–Kier alpha value is -5.16. The third kappa shape index (κ3) is 4.87. The van der Waals surface area contributed by atoms with Gasteiger partial charge < -0.3 is 9.47 Å². The number of halogens is 2. The highest BCUT2D eigenvalue weighted by atomic mass is 35.5. The predicted molar refractivity (Wildman–Crippen MR) is 185 cm³/mol. The van der Waals surface area contributed by atoms with Gasteiger partial charge >= 0.3 is 0 Å². The van der Waals surface area contributed by atoms with E-state index >= 15 is 0 Å². The Bertz CT molecular complexity index is 2130. The molecule has 0 spiro atoms. The van der Waals surface area contributed by atoms with Crippen molar-refractivity contribution in [1.29, 1.82) is 0 Å². The van der Waals surface area contributed by atoms with Gasteiger partial charge in [-0.05, 0) is 81.2 Å². The van der Waals surface area contributed by atoms with Gasteiger partial charge in [0.25, 0.3) is 0 Å². The van der Waals surface area contributed by atoms with Crippen molar-refractivity contribution in [2.75, 3.05) is 13.2 Å². The highest BCUT2D eigenvalue weighted by Gasteiger charge is 2.33. The van der Waals surface area contributed by atoms with Crippen LogP contribution in [0.25, 0.3) is 44.8 Å². The molecule has 0 bridgehead atoms. The standard InChI is InChI=1S/C40H24Cl2O4/c41-29-13-9-23(10-14-29)17-27-21-45-39-33(37(27)43)19-25-5-1-3-7-31(25)35(39)36-32-8-4-2-6-26(32)20-34-38(44)28(22-46-40(34)36)18-24-11-15-30(42)16-12-24/h1-20H,21-22H2/b27-17-,28-18+. The monoisotopic (exact) mass is 638 g/mol. The third-order valence-electron chi connectivity index (χ3n) is 8.49. The molecule has 0 aliphatic carbocycles. The number of benzene rings is 6. The van der Waals surface area contributed by atoms with Gasteiger partial charge in [0.1, 0.15) is 24.7 Å². The first-order chi connectivity index (χ1) is 22.4. The topological polar surface area (TPSA) is 52.6 Å². The number of ether oxygens (including phenoxy) is 2. The number of carbonyl (C=O) groups is 2. The first-order valence-electron chi connectivity index (χ1n) is 14.8. The van der Waals surface area contributed by atoms with Crippen LogP contribution in [-0.4, -0.2) is 24.8 Å². The normalized spacial score (nSPS) is 16.0. The van der Waals surface area contributed by atoms with Crippen molar-refractivity contribution in [2.45, 2.75) is 0 Å². The summed E-state index contributed by atoms with van der Waals surface area (Å²) in [6.45, 7) is 0.195. The van der Waals surface area contributed by atoms with Crippen molar-refractivity contribution in [2.24, 2.45) is 0 Å². The second-order valence-corrected chi connectivity index (χ2v) is 12.2. The zero-order chi connectivity index (χ0) is 31.4. The van der Waals surface area contributed by atoms with E-state index in [4.69, 9.17) is 32.7 Å². The molecule has 222 valence electrons. The molecule has 2 aliphatic rings. The summed E-state index contributed by atoms with van der Waals surface area (Å²) in [7, 11) is 0. The number of Topliss-reactive ketones (excluding diaryl/α,β-unsaturated/α-hetero) is 2. The van der Waals surface area contributed by atoms with Gasteiger partial charge in [0.05, 0.1) is 11.1 Å². The second kappa shape index (κ2) is 11.3. The zero-order valence-electron chi connectivity index (χ0n) is 24.4. The Balaban J connectivity index is 1.34. The van der Waals surface area contributed by atoms with E-state index in [9.17, 15) is 9.59 Å². The molecule has 0 N–H and O–H groups in total. The number of ketones is 2. The van der Waals surface area contributed by atoms with Gasteiger partial charge in [-0.3, -0.25) is 9.59 Å². The van der Waals surface area contributed by atoms with Gasteiger partial charge in [-0.25, -0.2) is 0 Å². The fourth-order valence-corrected chi connectivity index (χ4v) is 6.55. The number of carbonyl (C=O) groups excluding carboxylic acids is 2. The van der Waals surface area contributed by atoms with E-state index < -0.39 is 0 Å². The van der Waals surface area contributed by atoms with Crippen LogP contribution in [0.3, 0.4) is 0 Å². The molecule has 0 aromatic heterocycles. The molecule has 0 amide bonds. The minimum Gasteiger partial charge on any atom is -0.487 e. The maximum absolute atomic E-state index is 14.1. The minimum absolute atomic E-state index is 0.0977. The van der Waals surface area contributed by atoms with Crippen LogP contribution in [0.5, 0.6) is 11.5 Å². The Kier molecular flexibility index (Phi) is 6.97. The van der Waals surface area contributed by atoms with Crippen molar-refractivity contribution >= 4 is 68.5 Å². The van der Waals surface area contributed by atoms with Gasteiger partial charge in [-0.15, -0.1) is 0 Å². The van der Waals surface area contributed by atoms with E-state index in [2.05, 4.69) is 0 Å². The van der Waals surface area contributed by atoms with Gasteiger partial charge in [-0.2, -0.15) is 0 Å². The van der Waals surface area contributed by atoms with Crippen LogP contribution >= 0.6 is 23.2 Å². The molecule has 6 aromatic carbocycles. The van der Waals surface area contributed by atoms with Crippen molar-refractivity contribution in [3.63, 3.8) is 0 Å². The Morgan fingerprint density at radius 1 is 0.522 bits per heavy atom. The summed E-state index contributed by atoms with van der Waals surface area (Å²) in [4.78, 5) is 28.2. The highest BCUT2D eigenvalue weighted by Crippen LogP contribution is 2.51. The fraction of sp³-hybridized carbons (Fsp3) is 0.0500. The summed E-state index contributed by atoms with van der Waals surface area (Å²) >= 11 is 12.2. The molecule has 46 heavy (non-hydrogen) atoms. The van der Waals surface area contributed by atoms with E-state index in [1.807, 2.05) is 97.1 Å². The van der Waals surface area contributed by atoms with Crippen LogP contribution in [0.15, 0.2) is 120 Å². The van der Waals surface area contributed by atoms with Crippen LogP contribution in [0.4, 0.5) is 0 Å². The lowest BCUT2D eigenvalue weighted by Crippen LogP contribution is -2.21. The molecule has 2 aliphatic heterocycles. The Labute approximate surface area is 275 Å². The van der Waals surface area contributed by atoms with Gasteiger partial charge in [-0.1, -0.05) is 96.0 Å². The van der Waals surface area contributed by atoms with E-state index in [1.165, 1.54) is 0 Å². The summed E-state index contributed by atoms with van der Waals surface area (Å²) in [5.74, 6) is 0.744. The smallest absolute Gasteiger partial charge is 0.196 e. The SMILES string of the molecule is O=C1/C(=C\c2ccc(Cl)cc2)COc2c1cc1ccccc1c2-c1c2c(cc3ccccc13)C(=O)/C(=C/c1ccc(Cl)cc1)CO2. The Morgan fingerprint density at radius 3 is 1.33 bits per heavy atom. The predicted octanol–water partition coefficient (Wildman–Crippen LogP) is 10.3. The second-order valence-electron chi connectivity index (χ2n) is 11.4. The fourth-order valence-electron chi connectivity index (χ4n) is 6.30. The largest absolute Gasteiger partial charge is 0.487 e. The Morgan fingerprint density at radius 2 is 0.913 bits per heavy atom. The molecular formula is C40H24Cl2O4. The average Bonchev–Trinajstić information content (AvgIpc) is 3.08. The molecule has 0 atom stereocenters. The first-order valence-corrected chi connectivity index (χ1v) is 15.6. The van der Waals surface area contributed by atoms with Gasteiger partial charge in [0.15, 0.2) is 11.6 Å². The third-order valence-corrected chi connectivity index (χ3v) is 9.00. The zero-order valence-corrected chi connectivity index (χ0v) is 25.9. The number of hydrogen-bond donors (Lipinski definition) is 0. The van der Waals surface area contributed by atoms with E-state index in [1.54, 1.807) is 24.3 Å². The quantitative estimate of drug-likeness (QED) is 0.181. The maximum Gasteiger partial charge on any atom is 0.196 e. The lowest BCUT2D eigenvalue weighted by Gasteiger charge is -2.27. The maximum atomic E-state index is 14.1. The van der Waals surface area contributed by atoms with Crippen LogP contribution < -0.4 is 9.47 Å². The summed E-state index contributed by atoms with van der Waals surface area (Å²) in [5, 5.41) is 4.82. The van der Waals surface area contributed by atoms with Crippen molar-refractivity contribution in [1.82, 2.24) is 0 Å². The van der Waals surface area contributed by atoms with Gasteiger partial charge in [0.2, 0.25) is 0 Å². The van der Waals surface area contributed by atoms with E-state index in [-0.39, 0.29) is 24.8 Å². The molecule has 0 fully saturated rings. The van der Waals surface area contributed by atoms with Crippen LogP contribution in [0.1, 0.15) is 31.8 Å². The van der Waals surface area contributed by atoms with Crippen molar-refractivity contribution in [3.05, 3.63) is 153 Å². The molecule has 6 heteroatoms. The average molecular weight is 640 g/mol. The van der Waals surface area contributed by atoms with Crippen molar-refractivity contribution < 1.29 is 19.1 Å². The molecule has 0 unspecified atom stereocenters. The molecule has 0 saturated heterocycles. The summed E-state index contributed by atoms with van der Waals surface area (Å²) in [6, 6.07) is 34.3. The molecule has 6 aromatic rings. The highest BCUT2D eigenvalue weighted by molar-refractivity contribution is 6.31. The molecule has 2 heterocycles. The van der Waals surface area contributed by atoms with Crippen LogP contribution in [-0.2, 0) is 0 Å². The first kappa shape index (κ1) is 28.3. The summed E-state index contributed by atoms with van der Waals surface area (Å²) in [6.07, 6.45) is 3.68. The minimum atomic E-state index is -0.109. The molecule has 4 nitrogen and oxygen atoms in total. The van der Waals surface area contributed by atoms with E-state index in [0.717, 1.165) is 43.8 Å². The van der Waals surface area contributed by atoms with Crippen LogP contribution in [0, 0.1) is 0 Å². The molecular weight excluding hydrogens is 615 g/mol. The summed E-state index contributed by atoms with van der Waals surface area (Å²) in [5.41, 5.74) is 5.20. The van der Waals surface area contributed by atoms with Crippen molar-refractivity contribution in [3.8, 4) is 22.6 Å². The van der Waals surface area contributed by atoms with Gasteiger partial charge in [0, 0.05) is 32.3 Å². The van der Waals surface area contributed by atoms with Crippen LogP contribution in [0.2, 0.25) is 10.0 Å². The molecule has 0 saturated carbocycles. The lowest BCUT2D eigenvalue weighted by atomic mass is 9.84. The molecule has 8 rings (SSSR count). The van der Waals surface area contributed by atoms with E-state index in [0.29, 0.717) is 43.8 Å². The summed E-state index contributed by atoms with van der Waals surface area (Å²) < 4.78 is 13.0. The number of hydrogen-bond acceptors (Lipinski definition) is 4. The number of fused-ring (bicyclic) bond motifs is 4. The molecule has 0 radical (unpaired) electrons.